The van der Waals surface area contributed by atoms with Gasteiger partial charge in [0.1, 0.15) is 0 Å². The van der Waals surface area contributed by atoms with Crippen molar-refractivity contribution in [1.29, 1.82) is 0 Å². The van der Waals surface area contributed by atoms with Gasteiger partial charge in [0.25, 0.3) is 0 Å². The van der Waals surface area contributed by atoms with Crippen LogP contribution in [0.5, 0.6) is 0 Å². The highest BCUT2D eigenvalue weighted by Gasteiger charge is 2.12. The Morgan fingerprint density at radius 3 is 2.81 bits per heavy atom. The zero-order chi connectivity index (χ0) is 11.5. The first-order valence-corrected chi connectivity index (χ1v) is 6.22. The Hall–Kier alpha value is -0.860. The van der Waals surface area contributed by atoms with Crippen LogP contribution in [0, 0.1) is 0 Å². The summed E-state index contributed by atoms with van der Waals surface area (Å²) in [6.07, 6.45) is 1.21. The zero-order valence-corrected chi connectivity index (χ0v) is 10.6. The van der Waals surface area contributed by atoms with E-state index in [2.05, 4.69) is 49.3 Å². The molecule has 0 aromatic heterocycles. The number of hydrogen-bond acceptors (Lipinski definition) is 2. The molecular formula is C14H22N2. The van der Waals surface area contributed by atoms with Gasteiger partial charge in [-0.25, -0.2) is 0 Å². The van der Waals surface area contributed by atoms with Gasteiger partial charge in [0, 0.05) is 25.7 Å². The van der Waals surface area contributed by atoms with Gasteiger partial charge in [-0.1, -0.05) is 25.1 Å². The Labute approximate surface area is 98.7 Å². The van der Waals surface area contributed by atoms with E-state index in [9.17, 15) is 0 Å². The zero-order valence-electron chi connectivity index (χ0n) is 10.6. The maximum Gasteiger partial charge on any atom is 0.0233 e. The third kappa shape index (κ3) is 2.45. The first-order valence-electron chi connectivity index (χ1n) is 6.22. The van der Waals surface area contributed by atoms with Crippen molar-refractivity contribution in [1.82, 2.24) is 10.2 Å². The van der Waals surface area contributed by atoms with Crippen LogP contribution in [-0.4, -0.2) is 18.0 Å². The van der Waals surface area contributed by atoms with E-state index in [0.29, 0.717) is 6.04 Å². The van der Waals surface area contributed by atoms with Crippen LogP contribution >= 0.6 is 0 Å². The van der Waals surface area contributed by atoms with E-state index in [-0.39, 0.29) is 0 Å². The van der Waals surface area contributed by atoms with Crippen LogP contribution in [-0.2, 0) is 19.6 Å². The largest absolute Gasteiger partial charge is 0.309 e. The maximum atomic E-state index is 3.39. The Bertz CT molecular complexity index is 360. The predicted octanol–water partition coefficient (Wildman–Crippen LogP) is 2.52. The number of rotatable bonds is 4. The van der Waals surface area contributed by atoms with Gasteiger partial charge < -0.3 is 5.32 Å². The Morgan fingerprint density at radius 1 is 1.31 bits per heavy atom. The van der Waals surface area contributed by atoms with E-state index >= 15 is 0 Å². The van der Waals surface area contributed by atoms with Crippen LogP contribution < -0.4 is 5.32 Å². The molecule has 1 N–H and O–H groups in total. The molecule has 1 atom stereocenters. The molecule has 1 heterocycles. The Morgan fingerprint density at radius 2 is 2.06 bits per heavy atom. The summed E-state index contributed by atoms with van der Waals surface area (Å²) >= 11 is 0. The van der Waals surface area contributed by atoms with Crippen LogP contribution in [0.4, 0.5) is 0 Å². The van der Waals surface area contributed by atoms with Crippen molar-refractivity contribution in [2.24, 2.45) is 0 Å². The fourth-order valence-corrected chi connectivity index (χ4v) is 2.20. The highest BCUT2D eigenvalue weighted by Crippen LogP contribution is 2.18. The Balaban J connectivity index is 2.05. The van der Waals surface area contributed by atoms with Gasteiger partial charge in [-0.05, 0) is 37.1 Å². The molecule has 2 nitrogen and oxygen atoms in total. The minimum atomic E-state index is 0.659. The smallest absolute Gasteiger partial charge is 0.0233 e. The van der Waals surface area contributed by atoms with Crippen LogP contribution in [0.1, 0.15) is 37.0 Å². The van der Waals surface area contributed by atoms with Gasteiger partial charge >= 0.3 is 0 Å². The fraction of sp³-hybridized carbons (Fsp3) is 0.571. The van der Waals surface area contributed by atoms with E-state index in [0.717, 1.165) is 19.6 Å². The lowest BCUT2D eigenvalue weighted by Crippen LogP contribution is -2.27. The topological polar surface area (TPSA) is 15.3 Å². The summed E-state index contributed by atoms with van der Waals surface area (Å²) in [5.41, 5.74) is 4.38. The van der Waals surface area contributed by atoms with Crippen LogP contribution in [0.2, 0.25) is 0 Å². The average molecular weight is 218 g/mol. The quantitative estimate of drug-likeness (QED) is 0.835. The molecule has 2 heteroatoms. The van der Waals surface area contributed by atoms with Gasteiger partial charge in [0.2, 0.25) is 0 Å². The minimum absolute atomic E-state index is 0.659. The molecule has 1 aromatic rings. The van der Waals surface area contributed by atoms with Crippen molar-refractivity contribution in [2.75, 3.05) is 7.05 Å². The fourth-order valence-electron chi connectivity index (χ4n) is 2.20. The summed E-state index contributed by atoms with van der Waals surface area (Å²) in [6, 6.07) is 7.56. The second kappa shape index (κ2) is 4.98. The Kier molecular flexibility index (Phi) is 3.62. The molecular weight excluding hydrogens is 196 g/mol. The van der Waals surface area contributed by atoms with Crippen molar-refractivity contribution in [3.63, 3.8) is 0 Å². The van der Waals surface area contributed by atoms with Crippen molar-refractivity contribution in [3.05, 3.63) is 34.9 Å². The molecule has 0 saturated heterocycles. The van der Waals surface area contributed by atoms with Crippen molar-refractivity contribution in [3.8, 4) is 0 Å². The molecule has 0 aliphatic carbocycles. The normalized spacial score (nSPS) is 16.5. The van der Waals surface area contributed by atoms with Crippen molar-refractivity contribution < 1.29 is 0 Å². The average Bonchev–Trinajstić information content (AvgIpc) is 2.75. The third-order valence-electron chi connectivity index (χ3n) is 3.68. The monoisotopic (exact) mass is 218 g/mol. The molecule has 1 aliphatic rings. The maximum absolute atomic E-state index is 3.39. The molecule has 0 fully saturated rings. The standard InChI is InChI=1S/C14H22N2/c1-4-11(2)16(3)10-12-5-6-13-8-15-9-14(13)7-12/h5-7,11,15H,4,8-10H2,1-3H3. The number of hydrogen-bond donors (Lipinski definition) is 1. The number of benzene rings is 1. The summed E-state index contributed by atoms with van der Waals surface area (Å²) in [5, 5.41) is 3.39. The molecule has 88 valence electrons. The summed E-state index contributed by atoms with van der Waals surface area (Å²) in [4.78, 5) is 2.42. The van der Waals surface area contributed by atoms with Gasteiger partial charge in [-0.15, -0.1) is 0 Å². The molecule has 1 aromatic carbocycles. The van der Waals surface area contributed by atoms with Gasteiger partial charge in [0.15, 0.2) is 0 Å². The predicted molar refractivity (Wildman–Crippen MR) is 68.2 cm³/mol. The van der Waals surface area contributed by atoms with Gasteiger partial charge in [-0.3, -0.25) is 4.90 Å². The minimum Gasteiger partial charge on any atom is -0.309 e. The van der Waals surface area contributed by atoms with Crippen molar-refractivity contribution in [2.45, 2.75) is 45.9 Å². The molecule has 2 rings (SSSR count). The second-order valence-corrected chi connectivity index (χ2v) is 4.88. The molecule has 0 saturated carbocycles. The lowest BCUT2D eigenvalue weighted by molar-refractivity contribution is 0.244. The van der Waals surface area contributed by atoms with E-state index in [1.54, 1.807) is 0 Å². The van der Waals surface area contributed by atoms with Crippen LogP contribution in [0.3, 0.4) is 0 Å². The summed E-state index contributed by atoms with van der Waals surface area (Å²) in [5.74, 6) is 0. The van der Waals surface area contributed by atoms with E-state index < -0.39 is 0 Å². The van der Waals surface area contributed by atoms with E-state index in [4.69, 9.17) is 0 Å². The first kappa shape index (κ1) is 11.6. The van der Waals surface area contributed by atoms with Crippen LogP contribution in [0.15, 0.2) is 18.2 Å². The molecule has 0 spiro atoms. The highest BCUT2D eigenvalue weighted by molar-refractivity contribution is 5.34. The number of nitrogens with one attached hydrogen (secondary N) is 1. The molecule has 0 radical (unpaired) electrons. The SMILES string of the molecule is CCC(C)N(C)Cc1ccc2c(c1)CNC2. The van der Waals surface area contributed by atoms with Crippen LogP contribution in [0.25, 0.3) is 0 Å². The van der Waals surface area contributed by atoms with Crippen molar-refractivity contribution >= 4 is 0 Å². The summed E-state index contributed by atoms with van der Waals surface area (Å²) in [6.45, 7) is 7.66. The lowest BCUT2D eigenvalue weighted by Gasteiger charge is -2.23. The summed E-state index contributed by atoms with van der Waals surface area (Å²) < 4.78 is 0. The first-order chi connectivity index (χ1) is 7.70. The highest BCUT2D eigenvalue weighted by atomic mass is 15.1. The van der Waals surface area contributed by atoms with Gasteiger partial charge in [-0.2, -0.15) is 0 Å². The molecule has 1 aliphatic heterocycles. The molecule has 1 unspecified atom stereocenters. The molecule has 0 amide bonds. The third-order valence-corrected chi connectivity index (χ3v) is 3.68. The molecule has 0 bridgehead atoms. The van der Waals surface area contributed by atoms with E-state index in [1.807, 2.05) is 0 Å². The summed E-state index contributed by atoms with van der Waals surface area (Å²) in [7, 11) is 2.21. The number of fused-ring (bicyclic) bond motifs is 1. The second-order valence-electron chi connectivity index (χ2n) is 4.88. The number of nitrogens with zero attached hydrogens (tertiary/aromatic N) is 1. The lowest BCUT2D eigenvalue weighted by atomic mass is 10.1. The molecule has 16 heavy (non-hydrogen) atoms. The van der Waals surface area contributed by atoms with E-state index in [1.165, 1.54) is 23.1 Å². The van der Waals surface area contributed by atoms with Gasteiger partial charge in [0.05, 0.1) is 0 Å².